The largest absolute Gasteiger partial charge is 0.492 e. The highest BCUT2D eigenvalue weighted by Crippen LogP contribution is 2.41. The second-order valence-corrected chi connectivity index (χ2v) is 8.30. The molecule has 7 heteroatoms. The van der Waals surface area contributed by atoms with Gasteiger partial charge in [-0.3, -0.25) is 0 Å². The first-order valence-corrected chi connectivity index (χ1v) is 10.3. The van der Waals surface area contributed by atoms with E-state index in [0.717, 1.165) is 37.1 Å². The van der Waals surface area contributed by atoms with E-state index in [-0.39, 0.29) is 15.7 Å². The van der Waals surface area contributed by atoms with E-state index in [1.54, 1.807) is 18.2 Å². The van der Waals surface area contributed by atoms with E-state index in [2.05, 4.69) is 5.32 Å². The lowest BCUT2D eigenvalue weighted by Crippen LogP contribution is -2.27. The third kappa shape index (κ3) is 3.98. The van der Waals surface area contributed by atoms with Crippen molar-refractivity contribution in [2.24, 2.45) is 0 Å². The summed E-state index contributed by atoms with van der Waals surface area (Å²) in [4.78, 5) is -0.0614. The predicted octanol–water partition coefficient (Wildman–Crippen LogP) is 3.89. The van der Waals surface area contributed by atoms with Crippen LogP contribution in [0.3, 0.4) is 0 Å². The molecule has 0 bridgehead atoms. The van der Waals surface area contributed by atoms with Crippen LogP contribution in [0.25, 0.3) is 0 Å². The van der Waals surface area contributed by atoms with E-state index < -0.39 is 10.1 Å². The number of hydrogen-bond acceptors (Lipinski definition) is 5. The summed E-state index contributed by atoms with van der Waals surface area (Å²) in [7, 11) is -2.53. The van der Waals surface area contributed by atoms with Crippen LogP contribution >= 0.6 is 11.6 Å². The monoisotopic (exact) mass is 395 g/mol. The molecule has 1 aliphatic heterocycles. The van der Waals surface area contributed by atoms with Gasteiger partial charge in [0.05, 0.1) is 12.1 Å². The average molecular weight is 396 g/mol. The molecule has 2 aromatic rings. The van der Waals surface area contributed by atoms with Gasteiger partial charge in [-0.1, -0.05) is 29.8 Å². The summed E-state index contributed by atoms with van der Waals surface area (Å²) < 4.78 is 36.4. The highest BCUT2D eigenvalue weighted by Gasteiger charge is 2.26. The van der Waals surface area contributed by atoms with E-state index in [1.807, 2.05) is 13.0 Å². The van der Waals surface area contributed by atoms with Crippen molar-refractivity contribution in [1.29, 1.82) is 0 Å². The van der Waals surface area contributed by atoms with Gasteiger partial charge in [-0.2, -0.15) is 8.42 Å². The van der Waals surface area contributed by atoms with Crippen LogP contribution in [-0.2, 0) is 10.1 Å². The van der Waals surface area contributed by atoms with Gasteiger partial charge in [0.1, 0.15) is 4.90 Å². The van der Waals surface area contributed by atoms with Gasteiger partial charge in [0.15, 0.2) is 11.5 Å². The summed E-state index contributed by atoms with van der Waals surface area (Å²) >= 11 is 6.04. The number of rotatable bonds is 5. The summed E-state index contributed by atoms with van der Waals surface area (Å²) in [5, 5.41) is 3.46. The smallest absolute Gasteiger partial charge is 0.340 e. The number of halogens is 1. The Morgan fingerprint density at radius 1 is 1.15 bits per heavy atom. The molecule has 0 radical (unpaired) electrons. The van der Waals surface area contributed by atoms with Gasteiger partial charge in [-0.25, -0.2) is 0 Å². The van der Waals surface area contributed by atoms with Crippen LogP contribution in [0.15, 0.2) is 41.3 Å². The molecular weight excluding hydrogens is 374 g/mol. The number of aryl methyl sites for hydroxylation is 1. The second-order valence-electron chi connectivity index (χ2n) is 6.38. The molecule has 0 unspecified atom stereocenters. The number of hydrogen-bond donors (Lipinski definition) is 1. The molecule has 140 valence electrons. The Bertz CT molecular complexity index is 892. The van der Waals surface area contributed by atoms with Crippen LogP contribution in [-0.4, -0.2) is 28.6 Å². The minimum absolute atomic E-state index is 0.0614. The van der Waals surface area contributed by atoms with E-state index in [4.69, 9.17) is 20.5 Å². The van der Waals surface area contributed by atoms with Crippen molar-refractivity contribution >= 4 is 21.7 Å². The van der Waals surface area contributed by atoms with Gasteiger partial charge in [0.2, 0.25) is 0 Å². The molecule has 1 heterocycles. The van der Waals surface area contributed by atoms with Crippen LogP contribution in [0, 0.1) is 6.92 Å². The molecule has 3 rings (SSSR count). The first kappa shape index (κ1) is 19.0. The first-order chi connectivity index (χ1) is 12.4. The fraction of sp³-hybridized carbons (Fsp3) is 0.368. The Morgan fingerprint density at radius 2 is 1.85 bits per heavy atom. The predicted molar refractivity (Wildman–Crippen MR) is 102 cm³/mol. The Hall–Kier alpha value is -1.76. The lowest BCUT2D eigenvalue weighted by Gasteiger charge is -2.26. The standard InChI is InChI=1S/C19H22ClNO4S/c1-13-11-15(14-7-9-21-10-8-14)19(24-2)17(12-13)25-26(22,23)18-6-4-3-5-16(18)20/h3-6,11-12,14,21H,7-10H2,1-2H3. The highest BCUT2D eigenvalue weighted by atomic mass is 35.5. The lowest BCUT2D eigenvalue weighted by atomic mass is 9.88. The van der Waals surface area contributed by atoms with E-state index in [9.17, 15) is 8.42 Å². The first-order valence-electron chi connectivity index (χ1n) is 8.50. The molecule has 2 aromatic carbocycles. The molecule has 0 amide bonds. The highest BCUT2D eigenvalue weighted by molar-refractivity contribution is 7.87. The molecule has 0 spiro atoms. The number of methoxy groups -OCH3 is 1. The zero-order chi connectivity index (χ0) is 18.7. The Balaban J connectivity index is 2.02. The maximum Gasteiger partial charge on any atom is 0.340 e. The normalized spacial score (nSPS) is 15.7. The van der Waals surface area contributed by atoms with Gasteiger partial charge in [0.25, 0.3) is 0 Å². The molecule has 0 saturated carbocycles. The molecule has 1 saturated heterocycles. The summed E-state index contributed by atoms with van der Waals surface area (Å²) in [6.07, 6.45) is 1.94. The molecule has 0 aliphatic carbocycles. The lowest BCUT2D eigenvalue weighted by molar-refractivity contribution is 0.372. The number of nitrogens with one attached hydrogen (secondary N) is 1. The quantitative estimate of drug-likeness (QED) is 0.778. The number of piperidine rings is 1. The number of benzene rings is 2. The Labute approximate surface area is 159 Å². The zero-order valence-electron chi connectivity index (χ0n) is 14.8. The molecule has 1 N–H and O–H groups in total. The van der Waals surface area contributed by atoms with Crippen molar-refractivity contribution < 1.29 is 17.3 Å². The third-order valence-electron chi connectivity index (χ3n) is 4.52. The van der Waals surface area contributed by atoms with Gasteiger partial charge < -0.3 is 14.2 Å². The topological polar surface area (TPSA) is 64.6 Å². The van der Waals surface area contributed by atoms with E-state index in [0.29, 0.717) is 11.7 Å². The van der Waals surface area contributed by atoms with E-state index >= 15 is 0 Å². The van der Waals surface area contributed by atoms with Crippen LogP contribution in [0.1, 0.15) is 29.9 Å². The molecule has 1 fully saturated rings. The fourth-order valence-corrected chi connectivity index (χ4v) is 4.72. The second kappa shape index (κ2) is 7.86. The Kier molecular flexibility index (Phi) is 5.75. The van der Waals surface area contributed by atoms with Crippen LogP contribution in [0.4, 0.5) is 0 Å². The SMILES string of the molecule is COc1c(OS(=O)(=O)c2ccccc2Cl)cc(C)cc1C1CCNCC1. The van der Waals surface area contributed by atoms with Gasteiger partial charge in [-0.05, 0) is 62.5 Å². The van der Waals surface area contributed by atoms with Crippen LogP contribution in [0.5, 0.6) is 11.5 Å². The van der Waals surface area contributed by atoms with Crippen molar-refractivity contribution in [3.8, 4) is 11.5 Å². The van der Waals surface area contributed by atoms with Crippen molar-refractivity contribution in [1.82, 2.24) is 5.32 Å². The van der Waals surface area contributed by atoms with Gasteiger partial charge >= 0.3 is 10.1 Å². The molecule has 0 atom stereocenters. The minimum atomic E-state index is -4.07. The summed E-state index contributed by atoms with van der Waals surface area (Å²) in [6, 6.07) is 9.95. The number of ether oxygens (including phenoxy) is 1. The van der Waals surface area contributed by atoms with Crippen LogP contribution < -0.4 is 14.2 Å². The average Bonchev–Trinajstić information content (AvgIpc) is 2.62. The van der Waals surface area contributed by atoms with Crippen molar-refractivity contribution in [2.75, 3.05) is 20.2 Å². The van der Waals surface area contributed by atoms with Gasteiger partial charge in [0, 0.05) is 5.56 Å². The molecule has 26 heavy (non-hydrogen) atoms. The summed E-state index contributed by atoms with van der Waals surface area (Å²) in [6.45, 7) is 3.77. The summed E-state index contributed by atoms with van der Waals surface area (Å²) in [5.74, 6) is 0.968. The minimum Gasteiger partial charge on any atom is -0.492 e. The van der Waals surface area contributed by atoms with Crippen molar-refractivity contribution in [3.05, 3.63) is 52.5 Å². The molecule has 1 aliphatic rings. The van der Waals surface area contributed by atoms with Gasteiger partial charge in [-0.15, -0.1) is 0 Å². The summed E-state index contributed by atoms with van der Waals surface area (Å²) in [5.41, 5.74) is 1.90. The van der Waals surface area contributed by atoms with Crippen LogP contribution in [0.2, 0.25) is 5.02 Å². The maximum absolute atomic E-state index is 12.7. The van der Waals surface area contributed by atoms with Crippen molar-refractivity contribution in [3.63, 3.8) is 0 Å². The Morgan fingerprint density at radius 3 is 2.50 bits per heavy atom. The fourth-order valence-electron chi connectivity index (χ4n) is 3.29. The van der Waals surface area contributed by atoms with Crippen molar-refractivity contribution in [2.45, 2.75) is 30.6 Å². The maximum atomic E-state index is 12.7. The molecular formula is C19H22ClNO4S. The third-order valence-corrected chi connectivity index (χ3v) is 6.25. The molecule has 5 nitrogen and oxygen atoms in total. The zero-order valence-corrected chi connectivity index (χ0v) is 16.4. The van der Waals surface area contributed by atoms with E-state index in [1.165, 1.54) is 19.2 Å². The molecule has 0 aromatic heterocycles.